The number of aromatic nitrogens is 1. The lowest BCUT2D eigenvalue weighted by molar-refractivity contribution is 0.414. The number of hydrogen-bond donors (Lipinski definition) is 0. The molecule has 0 bridgehead atoms. The van der Waals surface area contributed by atoms with Gasteiger partial charge in [-0.1, -0.05) is 11.6 Å². The molecule has 108 valence electrons. The smallest absolute Gasteiger partial charge is 0.243 e. The van der Waals surface area contributed by atoms with E-state index in [9.17, 15) is 8.42 Å². The quantitative estimate of drug-likeness (QED) is 0.844. The topological polar surface area (TPSA) is 59.5 Å². The Morgan fingerprint density at radius 1 is 1.45 bits per heavy atom. The summed E-state index contributed by atoms with van der Waals surface area (Å²) in [6, 6.07) is 4.39. The standard InChI is InChI=1S/C12H13ClN2O3S2/c1-15(8-12-14-5-6-19-12)20(16,17)9-3-4-11(18-2)10(13)7-9/h3-7H,8H2,1-2H3. The van der Waals surface area contributed by atoms with Gasteiger partial charge in [0.05, 0.1) is 23.6 Å². The van der Waals surface area contributed by atoms with Crippen LogP contribution in [0.3, 0.4) is 0 Å². The Hall–Kier alpha value is -1.15. The highest BCUT2D eigenvalue weighted by Crippen LogP contribution is 2.28. The number of thiazole rings is 1. The van der Waals surface area contributed by atoms with E-state index in [0.717, 1.165) is 5.01 Å². The fourth-order valence-corrected chi connectivity index (χ4v) is 3.83. The van der Waals surface area contributed by atoms with Crippen molar-refractivity contribution >= 4 is 33.0 Å². The molecule has 0 aliphatic rings. The monoisotopic (exact) mass is 332 g/mol. The maximum absolute atomic E-state index is 12.4. The number of halogens is 1. The van der Waals surface area contributed by atoms with E-state index in [1.807, 2.05) is 0 Å². The fourth-order valence-electron chi connectivity index (χ4n) is 1.59. The van der Waals surface area contributed by atoms with Gasteiger partial charge in [-0.25, -0.2) is 13.4 Å². The summed E-state index contributed by atoms with van der Waals surface area (Å²) in [6.45, 7) is 0.226. The number of ether oxygens (including phenoxy) is 1. The second-order valence-corrected chi connectivity index (χ2v) is 7.41. The predicted molar refractivity (Wildman–Crippen MR) is 78.8 cm³/mol. The molecule has 0 aliphatic carbocycles. The molecule has 0 unspecified atom stereocenters. The summed E-state index contributed by atoms with van der Waals surface area (Å²) >= 11 is 7.37. The maximum atomic E-state index is 12.4. The average molecular weight is 333 g/mol. The van der Waals surface area contributed by atoms with Crippen molar-refractivity contribution < 1.29 is 13.2 Å². The highest BCUT2D eigenvalue weighted by atomic mass is 35.5. The summed E-state index contributed by atoms with van der Waals surface area (Å²) in [5.74, 6) is 0.438. The molecular weight excluding hydrogens is 320 g/mol. The molecule has 0 saturated carbocycles. The van der Waals surface area contributed by atoms with Crippen LogP contribution in [0.25, 0.3) is 0 Å². The molecule has 2 aromatic rings. The first-order valence-corrected chi connectivity index (χ1v) is 8.33. The van der Waals surface area contributed by atoms with E-state index in [1.165, 1.54) is 48.0 Å². The number of methoxy groups -OCH3 is 1. The van der Waals surface area contributed by atoms with Crippen LogP contribution in [0.2, 0.25) is 5.02 Å². The summed E-state index contributed by atoms with van der Waals surface area (Å²) in [5.41, 5.74) is 0. The van der Waals surface area contributed by atoms with E-state index < -0.39 is 10.0 Å². The number of nitrogens with zero attached hydrogens (tertiary/aromatic N) is 2. The summed E-state index contributed by atoms with van der Waals surface area (Å²) in [6.07, 6.45) is 1.64. The van der Waals surface area contributed by atoms with E-state index in [1.54, 1.807) is 11.6 Å². The third-order valence-electron chi connectivity index (χ3n) is 2.67. The normalized spacial score (nSPS) is 11.8. The molecule has 0 amide bonds. The first kappa shape index (κ1) is 15.2. The highest BCUT2D eigenvalue weighted by Gasteiger charge is 2.22. The van der Waals surface area contributed by atoms with Crippen molar-refractivity contribution in [2.45, 2.75) is 11.4 Å². The number of hydrogen-bond acceptors (Lipinski definition) is 5. The van der Waals surface area contributed by atoms with Crippen LogP contribution < -0.4 is 4.74 Å². The SMILES string of the molecule is COc1ccc(S(=O)(=O)N(C)Cc2nccs2)cc1Cl. The van der Waals surface area contributed by atoms with Crippen molar-refractivity contribution in [3.05, 3.63) is 39.8 Å². The minimum Gasteiger partial charge on any atom is -0.495 e. The molecule has 1 heterocycles. The van der Waals surface area contributed by atoms with Gasteiger partial charge in [-0.2, -0.15) is 4.31 Å². The zero-order valence-electron chi connectivity index (χ0n) is 10.9. The lowest BCUT2D eigenvalue weighted by Gasteiger charge is -2.16. The molecule has 0 aliphatic heterocycles. The molecule has 0 fully saturated rings. The molecule has 0 spiro atoms. The van der Waals surface area contributed by atoms with Crippen LogP contribution in [-0.2, 0) is 16.6 Å². The van der Waals surface area contributed by atoms with Crippen molar-refractivity contribution in [3.63, 3.8) is 0 Å². The van der Waals surface area contributed by atoms with Gasteiger partial charge in [0.25, 0.3) is 0 Å². The third-order valence-corrected chi connectivity index (χ3v) is 5.53. The van der Waals surface area contributed by atoms with Gasteiger partial charge < -0.3 is 4.74 Å². The number of sulfonamides is 1. The molecule has 1 aromatic carbocycles. The fraction of sp³-hybridized carbons (Fsp3) is 0.250. The molecule has 8 heteroatoms. The van der Waals surface area contributed by atoms with Crippen LogP contribution in [0.15, 0.2) is 34.7 Å². The molecular formula is C12H13ClN2O3S2. The molecule has 0 saturated heterocycles. The Morgan fingerprint density at radius 2 is 2.20 bits per heavy atom. The molecule has 0 atom stereocenters. The molecule has 5 nitrogen and oxygen atoms in total. The molecule has 0 radical (unpaired) electrons. The van der Waals surface area contributed by atoms with Gasteiger partial charge in [0, 0.05) is 18.6 Å². The zero-order valence-corrected chi connectivity index (χ0v) is 13.3. The summed E-state index contributed by atoms with van der Waals surface area (Å²) in [4.78, 5) is 4.20. The van der Waals surface area contributed by atoms with Gasteiger partial charge in [-0.15, -0.1) is 11.3 Å². The summed E-state index contributed by atoms with van der Waals surface area (Å²) in [5, 5.41) is 2.80. The van der Waals surface area contributed by atoms with Crippen molar-refractivity contribution in [1.29, 1.82) is 0 Å². The van der Waals surface area contributed by atoms with Gasteiger partial charge in [0.15, 0.2) is 0 Å². The number of rotatable bonds is 5. The second-order valence-electron chi connectivity index (χ2n) is 3.98. The van der Waals surface area contributed by atoms with E-state index in [-0.39, 0.29) is 16.5 Å². The van der Waals surface area contributed by atoms with Crippen LogP contribution in [0, 0.1) is 0 Å². The molecule has 0 N–H and O–H groups in total. The third kappa shape index (κ3) is 3.12. The van der Waals surface area contributed by atoms with Crippen LogP contribution in [0.5, 0.6) is 5.75 Å². The summed E-state index contributed by atoms with van der Waals surface area (Å²) < 4.78 is 31.1. The Labute approximate surface area is 126 Å². The van der Waals surface area contributed by atoms with Gasteiger partial charge in [0.2, 0.25) is 10.0 Å². The Bertz CT molecular complexity index is 687. The van der Waals surface area contributed by atoms with Crippen LogP contribution in [0.4, 0.5) is 0 Å². The molecule has 1 aromatic heterocycles. The van der Waals surface area contributed by atoms with E-state index >= 15 is 0 Å². The van der Waals surface area contributed by atoms with Gasteiger partial charge in [-0.3, -0.25) is 0 Å². The van der Waals surface area contributed by atoms with Crippen LogP contribution in [0.1, 0.15) is 5.01 Å². The maximum Gasteiger partial charge on any atom is 0.243 e. The first-order valence-electron chi connectivity index (χ1n) is 5.63. The lowest BCUT2D eigenvalue weighted by Crippen LogP contribution is -2.26. The predicted octanol–water partition coefficient (Wildman–Crippen LogP) is 2.63. The van der Waals surface area contributed by atoms with Gasteiger partial charge >= 0.3 is 0 Å². The van der Waals surface area contributed by atoms with E-state index in [4.69, 9.17) is 16.3 Å². The highest BCUT2D eigenvalue weighted by molar-refractivity contribution is 7.89. The van der Waals surface area contributed by atoms with E-state index in [0.29, 0.717) is 5.75 Å². The Kier molecular flexibility index (Phi) is 4.64. The molecule has 20 heavy (non-hydrogen) atoms. The zero-order chi connectivity index (χ0) is 14.8. The summed E-state index contributed by atoms with van der Waals surface area (Å²) in [7, 11) is -0.618. The van der Waals surface area contributed by atoms with Gasteiger partial charge in [-0.05, 0) is 18.2 Å². The minimum absolute atomic E-state index is 0.127. The average Bonchev–Trinajstić information content (AvgIpc) is 2.91. The van der Waals surface area contributed by atoms with Crippen LogP contribution >= 0.6 is 22.9 Å². The van der Waals surface area contributed by atoms with Crippen LogP contribution in [-0.4, -0.2) is 31.9 Å². The van der Waals surface area contributed by atoms with Crippen molar-refractivity contribution in [2.75, 3.05) is 14.2 Å². The Morgan fingerprint density at radius 3 is 2.75 bits per heavy atom. The Balaban J connectivity index is 2.27. The van der Waals surface area contributed by atoms with Gasteiger partial charge in [0.1, 0.15) is 10.8 Å². The first-order chi connectivity index (χ1) is 9.45. The minimum atomic E-state index is -3.60. The van der Waals surface area contributed by atoms with E-state index in [2.05, 4.69) is 4.98 Å². The van der Waals surface area contributed by atoms with Crippen molar-refractivity contribution in [3.8, 4) is 5.75 Å². The second kappa shape index (κ2) is 6.09. The largest absolute Gasteiger partial charge is 0.495 e. The lowest BCUT2D eigenvalue weighted by atomic mass is 10.3. The van der Waals surface area contributed by atoms with Crippen molar-refractivity contribution in [2.24, 2.45) is 0 Å². The van der Waals surface area contributed by atoms with Crippen molar-refractivity contribution in [1.82, 2.24) is 9.29 Å². The number of benzene rings is 1. The molecule has 2 rings (SSSR count).